The fourth-order valence-electron chi connectivity index (χ4n) is 1.48. The Morgan fingerprint density at radius 2 is 2.29 bits per heavy atom. The Hall–Kier alpha value is -1.50. The van der Waals surface area contributed by atoms with Crippen molar-refractivity contribution in [3.05, 3.63) is 12.7 Å². The van der Waals surface area contributed by atoms with Gasteiger partial charge >= 0.3 is 6.03 Å². The summed E-state index contributed by atoms with van der Waals surface area (Å²) in [7, 11) is 0. The van der Waals surface area contributed by atoms with E-state index in [-0.39, 0.29) is 11.9 Å². The number of rotatable bonds is 2. The van der Waals surface area contributed by atoms with Gasteiger partial charge in [-0.1, -0.05) is 6.08 Å². The molecule has 1 aliphatic heterocycles. The molecule has 0 aromatic heterocycles. The largest absolute Gasteiger partial charge is 0.335 e. The quantitative estimate of drug-likeness (QED) is 0.668. The van der Waals surface area contributed by atoms with Gasteiger partial charge in [0, 0.05) is 25.6 Å². The van der Waals surface area contributed by atoms with E-state index in [1.165, 1.54) is 0 Å². The maximum Gasteiger partial charge on any atom is 0.317 e. The van der Waals surface area contributed by atoms with Crippen molar-refractivity contribution in [1.29, 1.82) is 5.26 Å². The lowest BCUT2D eigenvalue weighted by Gasteiger charge is -2.28. The summed E-state index contributed by atoms with van der Waals surface area (Å²) >= 11 is 0. The maximum atomic E-state index is 11.4. The number of piperidine rings is 1. The summed E-state index contributed by atoms with van der Waals surface area (Å²) in [5.41, 5.74) is 0. The van der Waals surface area contributed by atoms with Gasteiger partial charge in [-0.25, -0.2) is 4.79 Å². The molecule has 0 saturated carbocycles. The van der Waals surface area contributed by atoms with Gasteiger partial charge in [-0.05, 0) is 12.8 Å². The second-order valence-corrected chi connectivity index (χ2v) is 3.37. The van der Waals surface area contributed by atoms with E-state index < -0.39 is 0 Å². The second kappa shape index (κ2) is 5.28. The van der Waals surface area contributed by atoms with Crippen LogP contribution >= 0.6 is 0 Å². The zero-order valence-electron chi connectivity index (χ0n) is 8.20. The number of nitrogens with zero attached hydrogens (tertiary/aromatic N) is 2. The molecular formula is C10H15N3O. The Kier molecular flexibility index (Phi) is 3.99. The summed E-state index contributed by atoms with van der Waals surface area (Å²) in [6.45, 7) is 5.39. The third kappa shape index (κ3) is 2.77. The monoisotopic (exact) mass is 193 g/mol. The molecule has 0 radical (unpaired) electrons. The first kappa shape index (κ1) is 10.6. The molecule has 2 amide bonds. The van der Waals surface area contributed by atoms with E-state index in [0.717, 1.165) is 12.8 Å². The van der Waals surface area contributed by atoms with Crippen LogP contribution in [0.25, 0.3) is 0 Å². The molecule has 1 saturated heterocycles. The third-order valence-corrected chi connectivity index (χ3v) is 2.36. The average Bonchev–Trinajstić information content (AvgIpc) is 2.26. The van der Waals surface area contributed by atoms with Crippen LogP contribution in [0.3, 0.4) is 0 Å². The third-order valence-electron chi connectivity index (χ3n) is 2.36. The van der Waals surface area contributed by atoms with Gasteiger partial charge in [-0.2, -0.15) is 5.26 Å². The molecule has 14 heavy (non-hydrogen) atoms. The Labute approximate surface area is 84.2 Å². The molecule has 4 nitrogen and oxygen atoms in total. The van der Waals surface area contributed by atoms with E-state index in [2.05, 4.69) is 18.0 Å². The molecule has 4 heteroatoms. The molecule has 1 N–H and O–H groups in total. The molecule has 1 rings (SSSR count). The Bertz CT molecular complexity index is 249. The minimum Gasteiger partial charge on any atom is -0.335 e. The average molecular weight is 193 g/mol. The van der Waals surface area contributed by atoms with Gasteiger partial charge < -0.3 is 10.2 Å². The maximum absolute atomic E-state index is 11.4. The number of hydrogen-bond acceptors (Lipinski definition) is 2. The topological polar surface area (TPSA) is 56.1 Å². The smallest absolute Gasteiger partial charge is 0.317 e. The van der Waals surface area contributed by atoms with Crippen LogP contribution in [0, 0.1) is 17.2 Å². The van der Waals surface area contributed by atoms with Crippen molar-refractivity contribution < 1.29 is 4.79 Å². The number of carbonyl (C=O) groups is 1. The van der Waals surface area contributed by atoms with Crippen LogP contribution in [0.1, 0.15) is 12.8 Å². The van der Waals surface area contributed by atoms with Crippen molar-refractivity contribution in [2.24, 2.45) is 5.92 Å². The molecular weight excluding hydrogens is 178 g/mol. The van der Waals surface area contributed by atoms with E-state index in [1.54, 1.807) is 11.0 Å². The lowest BCUT2D eigenvalue weighted by Crippen LogP contribution is -2.44. The number of nitrogens with one attached hydrogen (secondary N) is 1. The predicted molar refractivity (Wildman–Crippen MR) is 53.5 cm³/mol. The number of carbonyl (C=O) groups excluding carboxylic acids is 1. The number of hydrogen-bond donors (Lipinski definition) is 1. The molecule has 1 aliphatic rings. The second-order valence-electron chi connectivity index (χ2n) is 3.37. The van der Waals surface area contributed by atoms with Crippen molar-refractivity contribution >= 4 is 6.03 Å². The van der Waals surface area contributed by atoms with Crippen LogP contribution in [-0.4, -0.2) is 30.6 Å². The molecule has 0 aromatic rings. The van der Waals surface area contributed by atoms with Crippen LogP contribution in [0.2, 0.25) is 0 Å². The van der Waals surface area contributed by atoms with Gasteiger partial charge in [0.05, 0.1) is 6.07 Å². The van der Waals surface area contributed by atoms with Gasteiger partial charge in [0.1, 0.15) is 0 Å². The van der Waals surface area contributed by atoms with E-state index in [1.807, 2.05) is 0 Å². The van der Waals surface area contributed by atoms with Crippen molar-refractivity contribution in [2.75, 3.05) is 19.6 Å². The zero-order valence-corrected chi connectivity index (χ0v) is 8.20. The van der Waals surface area contributed by atoms with E-state index in [9.17, 15) is 4.79 Å². The van der Waals surface area contributed by atoms with E-state index in [4.69, 9.17) is 5.26 Å². The lowest BCUT2D eigenvalue weighted by molar-refractivity contribution is 0.180. The first-order valence-electron chi connectivity index (χ1n) is 4.81. The minimum absolute atomic E-state index is 0.0544. The zero-order chi connectivity index (χ0) is 10.4. The Balaban J connectivity index is 2.31. The summed E-state index contributed by atoms with van der Waals surface area (Å²) in [6, 6.07) is 2.18. The van der Waals surface area contributed by atoms with Crippen molar-refractivity contribution in [3.8, 4) is 6.07 Å². The first-order valence-corrected chi connectivity index (χ1v) is 4.81. The standard InChI is InChI=1S/C10H15N3O/c1-2-5-12-10(14)13-6-3-9(8-11)4-7-13/h2,9H,1,3-7H2,(H,12,14). The number of nitriles is 1. The van der Waals surface area contributed by atoms with Gasteiger partial charge in [0.25, 0.3) is 0 Å². The number of likely N-dealkylation sites (tertiary alicyclic amines) is 1. The van der Waals surface area contributed by atoms with E-state index >= 15 is 0 Å². The van der Waals surface area contributed by atoms with E-state index in [0.29, 0.717) is 19.6 Å². The first-order chi connectivity index (χ1) is 6.77. The van der Waals surface area contributed by atoms with Crippen molar-refractivity contribution in [3.63, 3.8) is 0 Å². The summed E-state index contributed by atoms with van der Waals surface area (Å²) in [5.74, 6) is 0.124. The Morgan fingerprint density at radius 3 is 2.79 bits per heavy atom. The molecule has 76 valence electrons. The molecule has 0 spiro atoms. The van der Waals surface area contributed by atoms with Gasteiger partial charge in [0.15, 0.2) is 0 Å². The molecule has 0 atom stereocenters. The van der Waals surface area contributed by atoms with Crippen molar-refractivity contribution in [2.45, 2.75) is 12.8 Å². The number of urea groups is 1. The van der Waals surface area contributed by atoms with Crippen LogP contribution in [0.4, 0.5) is 4.79 Å². The summed E-state index contributed by atoms with van der Waals surface area (Å²) in [5, 5.41) is 11.4. The highest BCUT2D eigenvalue weighted by Gasteiger charge is 2.21. The van der Waals surface area contributed by atoms with Gasteiger partial charge in [-0.3, -0.25) is 0 Å². The number of amides is 2. The summed E-state index contributed by atoms with van der Waals surface area (Å²) in [4.78, 5) is 13.2. The lowest BCUT2D eigenvalue weighted by atomic mass is 9.99. The fourth-order valence-corrected chi connectivity index (χ4v) is 1.48. The van der Waals surface area contributed by atoms with Crippen LogP contribution in [-0.2, 0) is 0 Å². The highest BCUT2D eigenvalue weighted by molar-refractivity contribution is 5.74. The van der Waals surface area contributed by atoms with Crippen LogP contribution < -0.4 is 5.32 Å². The van der Waals surface area contributed by atoms with Crippen LogP contribution in [0.5, 0.6) is 0 Å². The molecule has 0 aromatic carbocycles. The summed E-state index contributed by atoms with van der Waals surface area (Å²) < 4.78 is 0. The van der Waals surface area contributed by atoms with Crippen LogP contribution in [0.15, 0.2) is 12.7 Å². The molecule has 1 fully saturated rings. The Morgan fingerprint density at radius 1 is 1.64 bits per heavy atom. The SMILES string of the molecule is C=CCNC(=O)N1CCC(C#N)CC1. The van der Waals surface area contributed by atoms with Gasteiger partial charge in [0.2, 0.25) is 0 Å². The molecule has 1 heterocycles. The molecule has 0 unspecified atom stereocenters. The van der Waals surface area contributed by atoms with Crippen molar-refractivity contribution in [1.82, 2.24) is 10.2 Å². The normalized spacial score (nSPS) is 17.2. The highest BCUT2D eigenvalue weighted by atomic mass is 16.2. The minimum atomic E-state index is -0.0544. The highest BCUT2D eigenvalue weighted by Crippen LogP contribution is 2.15. The van der Waals surface area contributed by atoms with Gasteiger partial charge in [-0.15, -0.1) is 6.58 Å². The molecule has 0 aliphatic carbocycles. The summed E-state index contributed by atoms with van der Waals surface area (Å²) in [6.07, 6.45) is 3.23. The predicted octanol–water partition coefficient (Wildman–Crippen LogP) is 1.12. The fraction of sp³-hybridized carbons (Fsp3) is 0.600. The molecule has 0 bridgehead atoms.